The summed E-state index contributed by atoms with van der Waals surface area (Å²) < 4.78 is 26.5. The van der Waals surface area contributed by atoms with Crippen molar-refractivity contribution in [1.82, 2.24) is 5.32 Å². The zero-order chi connectivity index (χ0) is 23.0. The fraction of sp³-hybridized carbons (Fsp3) is 0.706. The Kier molecular flexibility index (Phi) is 9.62. The van der Waals surface area contributed by atoms with Gasteiger partial charge in [0.15, 0.2) is 18.5 Å². The van der Waals surface area contributed by atoms with Crippen LogP contribution >= 0.6 is 0 Å². The predicted molar refractivity (Wildman–Crippen MR) is 95.6 cm³/mol. The molecular formula is C17H26N2O11. The molecule has 6 atom stereocenters. The van der Waals surface area contributed by atoms with Crippen molar-refractivity contribution >= 4 is 29.8 Å². The molecule has 4 N–H and O–H groups in total. The molecule has 13 nitrogen and oxygen atoms in total. The van der Waals surface area contributed by atoms with Crippen LogP contribution in [0.3, 0.4) is 0 Å². The van der Waals surface area contributed by atoms with E-state index in [9.17, 15) is 24.0 Å². The zero-order valence-corrected chi connectivity index (χ0v) is 17.0. The van der Waals surface area contributed by atoms with E-state index < -0.39 is 79.7 Å². The van der Waals surface area contributed by atoms with Gasteiger partial charge in [0.05, 0.1) is 6.61 Å². The molecule has 30 heavy (non-hydrogen) atoms. The van der Waals surface area contributed by atoms with E-state index in [1.54, 1.807) is 0 Å². The van der Waals surface area contributed by atoms with Crippen LogP contribution in [0.2, 0.25) is 0 Å². The fourth-order valence-corrected chi connectivity index (χ4v) is 2.70. The number of esters is 3. The summed E-state index contributed by atoms with van der Waals surface area (Å²) in [6, 6.07) is -2.60. The van der Waals surface area contributed by atoms with Gasteiger partial charge in [-0.3, -0.25) is 24.0 Å². The molecule has 0 aromatic rings. The minimum atomic E-state index is -1.41. The molecule has 6 unspecified atom stereocenters. The van der Waals surface area contributed by atoms with Crippen molar-refractivity contribution in [3.63, 3.8) is 0 Å². The SMILES string of the molecule is CC(=O)NC1C(OCC(N)C(=O)O)OC(COC(C)=O)C(OC(C)=O)C1OC(C)=O. The van der Waals surface area contributed by atoms with Crippen molar-refractivity contribution in [2.45, 2.75) is 64.4 Å². The molecule has 13 heteroatoms. The summed E-state index contributed by atoms with van der Waals surface area (Å²) in [5.74, 6) is -4.06. The van der Waals surface area contributed by atoms with E-state index in [1.165, 1.54) is 6.92 Å². The number of hydrogen-bond donors (Lipinski definition) is 3. The average Bonchev–Trinajstić information content (AvgIpc) is 2.60. The smallest absolute Gasteiger partial charge is 0.322 e. The van der Waals surface area contributed by atoms with Gasteiger partial charge in [0.25, 0.3) is 0 Å². The second-order valence-electron chi connectivity index (χ2n) is 6.50. The van der Waals surface area contributed by atoms with E-state index in [2.05, 4.69) is 5.32 Å². The van der Waals surface area contributed by atoms with Crippen molar-refractivity contribution in [2.24, 2.45) is 5.73 Å². The summed E-state index contributed by atoms with van der Waals surface area (Å²) in [5.41, 5.74) is 5.43. The Morgan fingerprint density at radius 2 is 1.57 bits per heavy atom. The monoisotopic (exact) mass is 434 g/mol. The summed E-state index contributed by atoms with van der Waals surface area (Å²) in [6.07, 6.45) is -5.08. The summed E-state index contributed by atoms with van der Waals surface area (Å²) in [7, 11) is 0. The summed E-state index contributed by atoms with van der Waals surface area (Å²) in [5, 5.41) is 11.4. The number of hydrogen-bond acceptors (Lipinski definition) is 11. The molecule has 1 amide bonds. The standard InChI is InChI=1S/C17H26N2O11/c1-7(20)19-13-15(29-10(4)23)14(28-9(3)22)12(6-26-8(2)21)30-17(13)27-5-11(18)16(24)25/h11-15,17H,5-6,18H2,1-4H3,(H,19,20)(H,24,25). The third kappa shape index (κ3) is 7.93. The van der Waals surface area contributed by atoms with Crippen LogP contribution in [0.1, 0.15) is 27.7 Å². The number of carbonyl (C=O) groups excluding carboxylic acids is 4. The minimum absolute atomic E-state index is 0.400. The largest absolute Gasteiger partial charge is 0.480 e. The minimum Gasteiger partial charge on any atom is -0.480 e. The fourth-order valence-electron chi connectivity index (χ4n) is 2.70. The van der Waals surface area contributed by atoms with Crippen molar-refractivity contribution in [3.05, 3.63) is 0 Å². The Labute approximate surface area is 172 Å². The first-order valence-corrected chi connectivity index (χ1v) is 8.92. The first-order chi connectivity index (χ1) is 13.9. The van der Waals surface area contributed by atoms with Gasteiger partial charge in [0.1, 0.15) is 24.8 Å². The Balaban J connectivity index is 3.27. The number of aliphatic carboxylic acids is 1. The second-order valence-corrected chi connectivity index (χ2v) is 6.50. The summed E-state index contributed by atoms with van der Waals surface area (Å²) in [4.78, 5) is 57.1. The van der Waals surface area contributed by atoms with Crippen LogP contribution in [-0.2, 0) is 47.7 Å². The number of carboxylic acids is 1. The Bertz CT molecular complexity index is 668. The van der Waals surface area contributed by atoms with Crippen LogP contribution in [0, 0.1) is 0 Å². The van der Waals surface area contributed by atoms with E-state index in [0.717, 1.165) is 20.8 Å². The Hall–Kier alpha value is -2.77. The summed E-state index contributed by atoms with van der Waals surface area (Å²) >= 11 is 0. The maximum absolute atomic E-state index is 11.7. The van der Waals surface area contributed by atoms with Crippen molar-refractivity contribution < 1.29 is 52.8 Å². The van der Waals surface area contributed by atoms with Gasteiger partial charge in [-0.15, -0.1) is 0 Å². The topological polar surface area (TPSA) is 190 Å². The molecule has 0 aromatic carbocycles. The molecule has 1 heterocycles. The molecule has 1 rings (SSSR count). The van der Waals surface area contributed by atoms with Crippen molar-refractivity contribution in [1.29, 1.82) is 0 Å². The van der Waals surface area contributed by atoms with Gasteiger partial charge in [0, 0.05) is 27.7 Å². The molecule has 0 bridgehead atoms. The molecule has 0 spiro atoms. The van der Waals surface area contributed by atoms with Crippen LogP contribution in [-0.4, -0.2) is 84.8 Å². The van der Waals surface area contributed by atoms with Gasteiger partial charge in [0.2, 0.25) is 5.91 Å². The molecule has 0 radical (unpaired) electrons. The van der Waals surface area contributed by atoms with Gasteiger partial charge in [-0.05, 0) is 0 Å². The van der Waals surface area contributed by atoms with Crippen LogP contribution < -0.4 is 11.1 Å². The number of ether oxygens (including phenoxy) is 5. The van der Waals surface area contributed by atoms with Crippen molar-refractivity contribution in [2.75, 3.05) is 13.2 Å². The number of amides is 1. The molecule has 0 aromatic heterocycles. The maximum atomic E-state index is 11.7. The highest BCUT2D eigenvalue weighted by Gasteiger charge is 2.51. The quantitative estimate of drug-likeness (QED) is 0.269. The molecule has 170 valence electrons. The lowest BCUT2D eigenvalue weighted by Crippen LogP contribution is -2.66. The van der Waals surface area contributed by atoms with Crippen LogP contribution in [0.4, 0.5) is 0 Å². The number of nitrogens with two attached hydrogens (primary N) is 1. The number of rotatable bonds is 9. The number of carbonyl (C=O) groups is 5. The highest BCUT2D eigenvalue weighted by Crippen LogP contribution is 2.28. The van der Waals surface area contributed by atoms with Crippen LogP contribution in [0.25, 0.3) is 0 Å². The molecule has 1 fully saturated rings. The number of carboxylic acid groups (broad SMARTS) is 1. The first kappa shape index (κ1) is 25.3. The molecule has 1 saturated heterocycles. The molecule has 0 saturated carbocycles. The van der Waals surface area contributed by atoms with Gasteiger partial charge in [-0.1, -0.05) is 0 Å². The molecular weight excluding hydrogens is 408 g/mol. The van der Waals surface area contributed by atoms with E-state index in [-0.39, 0.29) is 0 Å². The predicted octanol–water partition coefficient (Wildman–Crippen LogP) is -1.93. The lowest BCUT2D eigenvalue weighted by atomic mass is 9.96. The highest BCUT2D eigenvalue weighted by molar-refractivity contribution is 5.74. The lowest BCUT2D eigenvalue weighted by molar-refractivity contribution is -0.278. The van der Waals surface area contributed by atoms with Gasteiger partial charge >= 0.3 is 23.9 Å². The maximum Gasteiger partial charge on any atom is 0.322 e. The van der Waals surface area contributed by atoms with E-state index in [1.807, 2.05) is 0 Å². The normalized spacial score (nSPS) is 26.8. The number of nitrogens with one attached hydrogen (secondary N) is 1. The third-order valence-corrected chi connectivity index (χ3v) is 3.83. The zero-order valence-electron chi connectivity index (χ0n) is 17.0. The Morgan fingerprint density at radius 1 is 1.00 bits per heavy atom. The summed E-state index contributed by atoms with van der Waals surface area (Å²) in [6.45, 7) is 3.62. The van der Waals surface area contributed by atoms with Gasteiger partial charge in [-0.25, -0.2) is 0 Å². The van der Waals surface area contributed by atoms with Gasteiger partial charge in [-0.2, -0.15) is 0 Å². The van der Waals surface area contributed by atoms with E-state index in [0.29, 0.717) is 0 Å². The van der Waals surface area contributed by atoms with Gasteiger partial charge < -0.3 is 39.8 Å². The highest BCUT2D eigenvalue weighted by atomic mass is 16.7. The molecule has 1 aliphatic rings. The van der Waals surface area contributed by atoms with Crippen LogP contribution in [0.5, 0.6) is 0 Å². The Morgan fingerprint density at radius 3 is 2.03 bits per heavy atom. The van der Waals surface area contributed by atoms with E-state index in [4.69, 9.17) is 34.5 Å². The first-order valence-electron chi connectivity index (χ1n) is 8.92. The van der Waals surface area contributed by atoms with E-state index >= 15 is 0 Å². The van der Waals surface area contributed by atoms with Crippen LogP contribution in [0.15, 0.2) is 0 Å². The third-order valence-electron chi connectivity index (χ3n) is 3.83. The second kappa shape index (κ2) is 11.4. The van der Waals surface area contributed by atoms with Crippen molar-refractivity contribution in [3.8, 4) is 0 Å². The molecule has 0 aliphatic carbocycles. The average molecular weight is 434 g/mol. The lowest BCUT2D eigenvalue weighted by Gasteiger charge is -2.45. The molecule has 1 aliphatic heterocycles.